The van der Waals surface area contributed by atoms with Crippen molar-refractivity contribution in [1.82, 2.24) is 5.32 Å². The topological polar surface area (TPSA) is 75.6 Å². The lowest BCUT2D eigenvalue weighted by Crippen LogP contribution is -2.54. The highest BCUT2D eigenvalue weighted by atomic mass is 32.2. The molecule has 0 aliphatic carbocycles. The zero-order valence-electron chi connectivity index (χ0n) is 19.7. The number of nitrogens with one attached hydrogen (secondary N) is 1. The number of hydrogen-bond donors (Lipinski definition) is 2. The molecule has 0 spiro atoms. The maximum Gasteiger partial charge on any atom is 0.152 e. The van der Waals surface area contributed by atoms with Gasteiger partial charge < -0.3 is 15.2 Å². The molecule has 1 aliphatic rings. The smallest absolute Gasteiger partial charge is 0.152 e. The Morgan fingerprint density at radius 2 is 1.91 bits per heavy atom. The first-order valence-corrected chi connectivity index (χ1v) is 13.4. The predicted octanol–water partition coefficient (Wildman–Crippen LogP) is 3.88. The Bertz CT molecular complexity index is 1000. The van der Waals surface area contributed by atoms with E-state index in [1.807, 2.05) is 24.3 Å². The first kappa shape index (κ1) is 24.7. The number of benzene rings is 2. The Balaban J connectivity index is 1.73. The molecule has 2 N–H and O–H groups in total. The Morgan fingerprint density at radius 1 is 1.12 bits per heavy atom. The quantitative estimate of drug-likeness (QED) is 0.595. The van der Waals surface area contributed by atoms with Crippen molar-refractivity contribution in [2.45, 2.75) is 64.6 Å². The Hall–Kier alpha value is -1.89. The highest BCUT2D eigenvalue weighted by Gasteiger charge is 2.39. The minimum atomic E-state index is -3.24. The van der Waals surface area contributed by atoms with E-state index in [-0.39, 0.29) is 17.4 Å². The molecular weight excluding hydrogens is 422 g/mol. The third-order valence-corrected chi connectivity index (χ3v) is 8.15. The van der Waals surface area contributed by atoms with Gasteiger partial charge in [0, 0.05) is 18.5 Å². The van der Waals surface area contributed by atoms with Gasteiger partial charge in [0.1, 0.15) is 5.75 Å². The number of hydrogen-bond acceptors (Lipinski definition) is 5. The molecule has 176 valence electrons. The molecule has 0 amide bonds. The van der Waals surface area contributed by atoms with E-state index in [2.05, 4.69) is 44.3 Å². The summed E-state index contributed by atoms with van der Waals surface area (Å²) in [5.41, 5.74) is 4.52. The number of ether oxygens (including phenoxy) is 1. The largest absolute Gasteiger partial charge is 0.496 e. The fourth-order valence-corrected chi connectivity index (χ4v) is 6.56. The highest BCUT2D eigenvalue weighted by Crippen LogP contribution is 2.27. The number of aryl methyl sites for hydroxylation is 1. The summed E-state index contributed by atoms with van der Waals surface area (Å²) in [4.78, 5) is 0. The summed E-state index contributed by atoms with van der Waals surface area (Å²) in [5, 5.41) is 14.4. The number of sulfone groups is 1. The van der Waals surface area contributed by atoms with Crippen molar-refractivity contribution < 1.29 is 18.3 Å². The summed E-state index contributed by atoms with van der Waals surface area (Å²) < 4.78 is 30.8. The third kappa shape index (κ3) is 6.33. The molecular formula is C26H37NO4S. The van der Waals surface area contributed by atoms with E-state index in [9.17, 15) is 13.5 Å². The first-order chi connectivity index (χ1) is 15.2. The molecule has 5 nitrogen and oxygen atoms in total. The van der Waals surface area contributed by atoms with Gasteiger partial charge in [-0.15, -0.1) is 0 Å². The van der Waals surface area contributed by atoms with Crippen molar-refractivity contribution in [3.05, 3.63) is 64.7 Å². The summed E-state index contributed by atoms with van der Waals surface area (Å²) in [6, 6.07) is 13.9. The summed E-state index contributed by atoms with van der Waals surface area (Å²) >= 11 is 0. The van der Waals surface area contributed by atoms with Crippen LogP contribution in [0.15, 0.2) is 42.5 Å². The molecule has 3 atom stereocenters. The number of aliphatic hydroxyl groups excluding tert-OH is 1. The molecule has 0 bridgehead atoms. The van der Waals surface area contributed by atoms with E-state index >= 15 is 0 Å². The van der Waals surface area contributed by atoms with E-state index < -0.39 is 22.0 Å². The molecule has 3 rings (SSSR count). The van der Waals surface area contributed by atoms with Crippen LogP contribution in [-0.4, -0.2) is 44.3 Å². The fraction of sp³-hybridized carbons (Fsp3) is 0.538. The standard InChI is InChI=1S/C26H37NO4S/c1-5-7-22-12-19(10-11-25(22)31-4)13-23-16-32(29,30)17-24(26(23)28)27-15-20-8-6-9-21(14-20)18(2)3/h6,8-12,14,18,23-24,26-28H,5,7,13,15-17H2,1-4H3/t23-,24+,26+/m1/s1. The second-order valence-electron chi connectivity index (χ2n) is 9.32. The first-order valence-electron chi connectivity index (χ1n) is 11.6. The summed E-state index contributed by atoms with van der Waals surface area (Å²) in [7, 11) is -1.58. The van der Waals surface area contributed by atoms with Crippen LogP contribution in [0, 0.1) is 5.92 Å². The lowest BCUT2D eigenvalue weighted by molar-refractivity contribution is 0.0781. The van der Waals surface area contributed by atoms with E-state index in [1.54, 1.807) is 7.11 Å². The summed E-state index contributed by atoms with van der Waals surface area (Å²) in [6.07, 6.45) is 1.72. The molecule has 0 unspecified atom stereocenters. The SMILES string of the molecule is CCCc1cc(C[C@@H]2CS(=O)(=O)C[C@H](NCc3cccc(C(C)C)c3)[C@H]2O)ccc1OC. The zero-order chi connectivity index (χ0) is 23.3. The average molecular weight is 460 g/mol. The maximum absolute atomic E-state index is 12.7. The Kier molecular flexibility index (Phi) is 8.37. The monoisotopic (exact) mass is 459 g/mol. The van der Waals surface area contributed by atoms with Crippen molar-refractivity contribution in [3.8, 4) is 5.75 Å². The molecule has 1 fully saturated rings. The molecule has 6 heteroatoms. The van der Waals surface area contributed by atoms with Gasteiger partial charge in [-0.2, -0.15) is 0 Å². The van der Waals surface area contributed by atoms with Crippen molar-refractivity contribution >= 4 is 9.84 Å². The van der Waals surface area contributed by atoms with E-state index in [0.29, 0.717) is 18.9 Å². The van der Waals surface area contributed by atoms with Crippen molar-refractivity contribution in [2.75, 3.05) is 18.6 Å². The molecule has 1 aliphatic heterocycles. The van der Waals surface area contributed by atoms with Crippen LogP contribution in [-0.2, 0) is 29.2 Å². The van der Waals surface area contributed by atoms with Crippen LogP contribution in [0.3, 0.4) is 0 Å². The molecule has 32 heavy (non-hydrogen) atoms. The molecule has 2 aromatic rings. The Labute approximate surface area is 193 Å². The zero-order valence-corrected chi connectivity index (χ0v) is 20.5. The van der Waals surface area contributed by atoms with Crippen molar-refractivity contribution in [2.24, 2.45) is 5.92 Å². The van der Waals surface area contributed by atoms with Crippen molar-refractivity contribution in [3.63, 3.8) is 0 Å². The summed E-state index contributed by atoms with van der Waals surface area (Å²) in [6.45, 7) is 6.96. The second-order valence-corrected chi connectivity index (χ2v) is 11.5. The second kappa shape index (κ2) is 10.8. The lowest BCUT2D eigenvalue weighted by Gasteiger charge is -2.35. The highest BCUT2D eigenvalue weighted by molar-refractivity contribution is 7.91. The molecule has 1 heterocycles. The van der Waals surface area contributed by atoms with Gasteiger partial charge in [0.05, 0.1) is 24.7 Å². The Morgan fingerprint density at radius 3 is 2.59 bits per heavy atom. The minimum Gasteiger partial charge on any atom is -0.496 e. The number of rotatable bonds is 9. The van der Waals surface area contributed by atoms with Gasteiger partial charge in [-0.3, -0.25) is 0 Å². The molecule has 0 saturated carbocycles. The van der Waals surface area contributed by atoms with Gasteiger partial charge in [-0.05, 0) is 47.1 Å². The van der Waals surface area contributed by atoms with Gasteiger partial charge in [0.2, 0.25) is 0 Å². The molecule has 0 radical (unpaired) electrons. The minimum absolute atomic E-state index is 0.0182. The predicted molar refractivity (Wildman–Crippen MR) is 130 cm³/mol. The van der Waals surface area contributed by atoms with Gasteiger partial charge in [0.25, 0.3) is 0 Å². The molecule has 2 aromatic carbocycles. The van der Waals surface area contributed by atoms with Gasteiger partial charge in [-0.1, -0.05) is 63.6 Å². The van der Waals surface area contributed by atoms with Crippen LogP contribution in [0.5, 0.6) is 5.75 Å². The third-order valence-electron chi connectivity index (χ3n) is 6.34. The van der Waals surface area contributed by atoms with Crippen LogP contribution in [0.1, 0.15) is 55.4 Å². The number of aliphatic hydroxyl groups is 1. The lowest BCUT2D eigenvalue weighted by atomic mass is 9.90. The maximum atomic E-state index is 12.7. The molecule has 0 aromatic heterocycles. The molecule has 1 saturated heterocycles. The fourth-order valence-electron chi connectivity index (χ4n) is 4.59. The van der Waals surface area contributed by atoms with Gasteiger partial charge in [0.15, 0.2) is 9.84 Å². The van der Waals surface area contributed by atoms with E-state index in [4.69, 9.17) is 4.74 Å². The number of methoxy groups -OCH3 is 1. The van der Waals surface area contributed by atoms with Crippen LogP contribution < -0.4 is 10.1 Å². The van der Waals surface area contributed by atoms with Crippen LogP contribution in [0.4, 0.5) is 0 Å². The van der Waals surface area contributed by atoms with E-state index in [1.165, 1.54) is 5.56 Å². The van der Waals surface area contributed by atoms with E-state index in [0.717, 1.165) is 35.3 Å². The van der Waals surface area contributed by atoms with Gasteiger partial charge in [-0.25, -0.2) is 8.42 Å². The summed E-state index contributed by atoms with van der Waals surface area (Å²) in [5.74, 6) is 0.941. The van der Waals surface area contributed by atoms with Gasteiger partial charge >= 0.3 is 0 Å². The van der Waals surface area contributed by atoms with Crippen molar-refractivity contribution in [1.29, 1.82) is 0 Å². The van der Waals surface area contributed by atoms with Crippen LogP contribution in [0.2, 0.25) is 0 Å². The average Bonchev–Trinajstić information content (AvgIpc) is 2.75. The normalized spacial score (nSPS) is 22.8. The van der Waals surface area contributed by atoms with Crippen LogP contribution >= 0.6 is 0 Å². The van der Waals surface area contributed by atoms with Crippen LogP contribution in [0.25, 0.3) is 0 Å².